The molecule has 1 spiro atoms. The molecular weight excluding hydrogens is 447 g/mol. The molecule has 4 fully saturated rings. The van der Waals surface area contributed by atoms with Crippen LogP contribution in [0.1, 0.15) is 63.4 Å². The van der Waals surface area contributed by atoms with Crippen LogP contribution in [0.25, 0.3) is 0 Å². The lowest BCUT2D eigenvalue weighted by atomic mass is 9.78. The van der Waals surface area contributed by atoms with Crippen LogP contribution >= 0.6 is 0 Å². The molecular formula is C25H32F3N3O3. The van der Waals surface area contributed by atoms with Gasteiger partial charge in [-0.25, -0.2) is 0 Å². The summed E-state index contributed by atoms with van der Waals surface area (Å²) in [5.74, 6) is -0.273. The molecule has 186 valence electrons. The van der Waals surface area contributed by atoms with E-state index in [1.54, 1.807) is 4.90 Å². The van der Waals surface area contributed by atoms with Gasteiger partial charge in [-0.1, -0.05) is 0 Å². The van der Waals surface area contributed by atoms with E-state index in [0.29, 0.717) is 45.2 Å². The molecule has 2 aliphatic heterocycles. The second-order valence-corrected chi connectivity index (χ2v) is 10.5. The van der Waals surface area contributed by atoms with Gasteiger partial charge in [0, 0.05) is 43.0 Å². The fourth-order valence-electron chi connectivity index (χ4n) is 5.99. The molecule has 0 unspecified atom stereocenters. The molecule has 0 bridgehead atoms. The van der Waals surface area contributed by atoms with Crippen molar-refractivity contribution in [1.82, 2.24) is 4.90 Å². The van der Waals surface area contributed by atoms with E-state index in [2.05, 4.69) is 5.32 Å². The molecule has 34 heavy (non-hydrogen) atoms. The van der Waals surface area contributed by atoms with Gasteiger partial charge in [0.1, 0.15) is 0 Å². The minimum Gasteiger partial charge on any atom is -0.393 e. The minimum atomic E-state index is -4.57. The predicted molar refractivity (Wildman–Crippen MR) is 121 cm³/mol. The lowest BCUT2D eigenvalue weighted by Crippen LogP contribution is -2.50. The molecule has 5 rings (SSSR count). The Kier molecular flexibility index (Phi) is 6.02. The van der Waals surface area contributed by atoms with Gasteiger partial charge in [0.15, 0.2) is 0 Å². The third-order valence-corrected chi connectivity index (χ3v) is 8.09. The molecule has 0 radical (unpaired) electrons. The highest BCUT2D eigenvalue weighted by atomic mass is 19.4. The van der Waals surface area contributed by atoms with Gasteiger partial charge < -0.3 is 20.2 Å². The molecule has 2 amide bonds. The number of aliphatic hydroxyl groups is 1. The van der Waals surface area contributed by atoms with Crippen molar-refractivity contribution in [2.45, 2.75) is 76.1 Å². The lowest BCUT2D eigenvalue weighted by Gasteiger charge is -2.42. The number of nitrogens with one attached hydrogen (secondary N) is 1. The molecule has 2 saturated carbocycles. The highest BCUT2D eigenvalue weighted by Gasteiger charge is 2.51. The molecule has 9 heteroatoms. The molecule has 2 aliphatic carbocycles. The summed E-state index contributed by atoms with van der Waals surface area (Å²) in [7, 11) is 0. The van der Waals surface area contributed by atoms with Crippen LogP contribution in [0.15, 0.2) is 18.2 Å². The molecule has 1 aromatic rings. The number of piperidine rings is 1. The summed E-state index contributed by atoms with van der Waals surface area (Å²) in [6, 6.07) is 4.10. The van der Waals surface area contributed by atoms with Crippen molar-refractivity contribution in [3.63, 3.8) is 0 Å². The zero-order valence-corrected chi connectivity index (χ0v) is 19.2. The van der Waals surface area contributed by atoms with Crippen molar-refractivity contribution in [1.29, 1.82) is 0 Å². The quantitative estimate of drug-likeness (QED) is 0.680. The smallest absolute Gasteiger partial charge is 0.393 e. The summed E-state index contributed by atoms with van der Waals surface area (Å²) in [5, 5.41) is 12.4. The van der Waals surface area contributed by atoms with Crippen LogP contribution < -0.4 is 10.2 Å². The van der Waals surface area contributed by atoms with Crippen molar-refractivity contribution in [2.24, 2.45) is 11.3 Å². The summed E-state index contributed by atoms with van der Waals surface area (Å²) >= 11 is 0. The number of hydrogen-bond acceptors (Lipinski definition) is 4. The number of benzene rings is 1. The molecule has 1 aromatic carbocycles. The van der Waals surface area contributed by atoms with Gasteiger partial charge in [-0.15, -0.1) is 0 Å². The molecule has 4 aliphatic rings. The van der Waals surface area contributed by atoms with Crippen LogP contribution in [0.4, 0.5) is 24.5 Å². The molecule has 2 N–H and O–H groups in total. The number of nitrogens with zero attached hydrogens (tertiary/aromatic N) is 2. The maximum atomic E-state index is 14.0. The van der Waals surface area contributed by atoms with E-state index in [0.717, 1.165) is 31.7 Å². The van der Waals surface area contributed by atoms with E-state index in [4.69, 9.17) is 0 Å². The van der Waals surface area contributed by atoms with Crippen LogP contribution in [0.5, 0.6) is 0 Å². The van der Waals surface area contributed by atoms with Gasteiger partial charge in [-0.3, -0.25) is 9.59 Å². The summed E-state index contributed by atoms with van der Waals surface area (Å²) < 4.78 is 42.1. The van der Waals surface area contributed by atoms with Crippen molar-refractivity contribution < 1.29 is 27.9 Å². The maximum Gasteiger partial charge on any atom is 0.418 e. The Labute approximate surface area is 197 Å². The van der Waals surface area contributed by atoms with E-state index < -0.39 is 17.2 Å². The number of aliphatic hydroxyl groups excluding tert-OH is 1. The fraction of sp³-hybridized carbons (Fsp3) is 0.680. The molecule has 0 aromatic heterocycles. The number of carbonyl (C=O) groups is 2. The third kappa shape index (κ3) is 4.51. The standard InChI is InChI=1S/C25H32F3N3O3/c26-25(27,28)20-14-17(29-22(33)16-2-3-16)4-9-21(20)30-12-1-10-24(15-30)11-13-31(23(24)34)18-5-7-19(32)8-6-18/h4,9,14,16,18-19,32H,1-3,5-8,10-13,15H2,(H,29,33)/t18-,19-,24-/m0/s1. The number of halogens is 3. The maximum absolute atomic E-state index is 14.0. The molecule has 2 saturated heterocycles. The first kappa shape index (κ1) is 23.5. The monoisotopic (exact) mass is 479 g/mol. The zero-order chi connectivity index (χ0) is 24.1. The van der Waals surface area contributed by atoms with Crippen molar-refractivity contribution in [3.05, 3.63) is 23.8 Å². The Balaban J connectivity index is 1.36. The number of alkyl halides is 3. The van der Waals surface area contributed by atoms with Crippen molar-refractivity contribution in [2.75, 3.05) is 29.9 Å². The van der Waals surface area contributed by atoms with Gasteiger partial charge in [0.25, 0.3) is 0 Å². The number of rotatable bonds is 4. The number of likely N-dealkylation sites (tertiary alicyclic amines) is 1. The first-order chi connectivity index (χ1) is 16.2. The van der Waals surface area contributed by atoms with Crippen LogP contribution in [0, 0.1) is 11.3 Å². The van der Waals surface area contributed by atoms with Crippen molar-refractivity contribution >= 4 is 23.2 Å². The minimum absolute atomic E-state index is 0.0560. The predicted octanol–water partition coefficient (Wildman–Crippen LogP) is 4.18. The summed E-state index contributed by atoms with van der Waals surface area (Å²) in [5.41, 5.74) is -1.21. The molecule has 2 heterocycles. The zero-order valence-electron chi connectivity index (χ0n) is 19.2. The number of amides is 2. The third-order valence-electron chi connectivity index (χ3n) is 8.09. The fourth-order valence-corrected chi connectivity index (χ4v) is 5.99. The van der Waals surface area contributed by atoms with Crippen LogP contribution in [0.3, 0.4) is 0 Å². The van der Waals surface area contributed by atoms with Gasteiger partial charge in [-0.2, -0.15) is 13.2 Å². The highest BCUT2D eigenvalue weighted by Crippen LogP contribution is 2.46. The lowest BCUT2D eigenvalue weighted by molar-refractivity contribution is -0.139. The van der Waals surface area contributed by atoms with E-state index >= 15 is 0 Å². The largest absolute Gasteiger partial charge is 0.418 e. The first-order valence-electron chi connectivity index (χ1n) is 12.4. The van der Waals surface area contributed by atoms with E-state index in [1.807, 2.05) is 4.90 Å². The molecule has 1 atom stereocenters. The molecule has 6 nitrogen and oxygen atoms in total. The van der Waals surface area contributed by atoms with E-state index in [-0.39, 0.29) is 47.8 Å². The van der Waals surface area contributed by atoms with Gasteiger partial charge in [0.2, 0.25) is 11.8 Å². The summed E-state index contributed by atoms with van der Waals surface area (Å²) in [6.07, 6.45) is 1.59. The highest BCUT2D eigenvalue weighted by molar-refractivity contribution is 5.94. The van der Waals surface area contributed by atoms with Gasteiger partial charge in [-0.05, 0) is 76.0 Å². The topological polar surface area (TPSA) is 72.9 Å². The van der Waals surface area contributed by atoms with Crippen LogP contribution in [-0.2, 0) is 15.8 Å². The van der Waals surface area contributed by atoms with E-state index in [9.17, 15) is 27.9 Å². The van der Waals surface area contributed by atoms with E-state index in [1.165, 1.54) is 12.1 Å². The van der Waals surface area contributed by atoms with Gasteiger partial charge in [0.05, 0.1) is 17.1 Å². The Morgan fingerprint density at radius 3 is 2.47 bits per heavy atom. The Morgan fingerprint density at radius 1 is 1.06 bits per heavy atom. The van der Waals surface area contributed by atoms with Crippen LogP contribution in [0.2, 0.25) is 0 Å². The average Bonchev–Trinajstić information content (AvgIpc) is 3.61. The number of hydrogen-bond donors (Lipinski definition) is 2. The second kappa shape index (κ2) is 8.73. The second-order valence-electron chi connectivity index (χ2n) is 10.5. The number of carbonyl (C=O) groups excluding carboxylic acids is 2. The average molecular weight is 480 g/mol. The Hall–Kier alpha value is -2.29. The summed E-state index contributed by atoms with van der Waals surface area (Å²) in [4.78, 5) is 29.2. The normalized spacial score (nSPS) is 30.2. The first-order valence-corrected chi connectivity index (χ1v) is 12.4. The van der Waals surface area contributed by atoms with Crippen molar-refractivity contribution in [3.8, 4) is 0 Å². The Morgan fingerprint density at radius 2 is 1.79 bits per heavy atom. The van der Waals surface area contributed by atoms with Crippen LogP contribution in [-0.4, -0.2) is 53.6 Å². The van der Waals surface area contributed by atoms with Gasteiger partial charge >= 0.3 is 6.18 Å². The SMILES string of the molecule is O=C(Nc1ccc(N2CCC[C@]3(CCN([C@H]4CC[C@H](O)CC4)C3=O)C2)c(C(F)(F)F)c1)C1CC1. The summed E-state index contributed by atoms with van der Waals surface area (Å²) in [6.45, 7) is 1.36. The number of anilines is 2. The Bertz CT molecular complexity index is 956.